The van der Waals surface area contributed by atoms with Crippen LogP contribution in [0, 0.1) is 0 Å². The van der Waals surface area contributed by atoms with Gasteiger partial charge in [-0.15, -0.1) is 0 Å². The van der Waals surface area contributed by atoms with Crippen LogP contribution in [0.3, 0.4) is 0 Å². The van der Waals surface area contributed by atoms with Gasteiger partial charge in [-0.2, -0.15) is 22.9 Å². The zero-order valence-corrected chi connectivity index (χ0v) is 19.9. The van der Waals surface area contributed by atoms with Gasteiger partial charge in [0.05, 0.1) is 33.3 Å². The normalized spacial score (nSPS) is 11.9. The minimum Gasteiger partial charge on any atom is -0.478 e. The molecule has 0 atom stereocenters. The molecule has 0 amide bonds. The molecule has 0 spiro atoms. The van der Waals surface area contributed by atoms with Crippen LogP contribution in [0.4, 0.5) is 13.2 Å². The summed E-state index contributed by atoms with van der Waals surface area (Å²) < 4.78 is 46.7. The van der Waals surface area contributed by atoms with Crippen molar-refractivity contribution in [3.63, 3.8) is 0 Å². The lowest BCUT2D eigenvalue weighted by Crippen LogP contribution is -2.20. The molecule has 1 N–H and O–H groups in total. The predicted molar refractivity (Wildman–Crippen MR) is 136 cm³/mol. The van der Waals surface area contributed by atoms with E-state index in [0.29, 0.717) is 11.1 Å². The number of halogens is 4. The number of benzene rings is 3. The van der Waals surface area contributed by atoms with Crippen molar-refractivity contribution in [2.45, 2.75) is 6.18 Å². The van der Waals surface area contributed by atoms with Crippen LogP contribution in [-0.2, 0) is 6.18 Å². The Bertz CT molecular complexity index is 1790. The molecule has 38 heavy (non-hydrogen) atoms. The number of carboxylic acid groups (broad SMARTS) is 1. The Balaban J connectivity index is 1.60. The van der Waals surface area contributed by atoms with Crippen LogP contribution >= 0.6 is 11.6 Å². The van der Waals surface area contributed by atoms with Gasteiger partial charge in [0.1, 0.15) is 11.5 Å². The molecule has 0 unspecified atom stereocenters. The topological polar surface area (TPSA) is 97.7 Å². The number of furan rings is 1. The van der Waals surface area contributed by atoms with Crippen LogP contribution in [0.1, 0.15) is 21.7 Å². The van der Waals surface area contributed by atoms with Crippen LogP contribution in [0.15, 0.2) is 93.2 Å². The monoisotopic (exact) mass is 537 g/mol. The van der Waals surface area contributed by atoms with E-state index < -0.39 is 23.3 Å². The molecule has 0 saturated heterocycles. The minimum absolute atomic E-state index is 0.00976. The molecular formula is C27H15ClF3N3O4. The van der Waals surface area contributed by atoms with Crippen LogP contribution in [0.2, 0.25) is 5.02 Å². The van der Waals surface area contributed by atoms with Gasteiger partial charge in [0, 0.05) is 11.1 Å². The zero-order chi connectivity index (χ0) is 27.0. The zero-order valence-electron chi connectivity index (χ0n) is 19.1. The Morgan fingerprint density at radius 3 is 2.58 bits per heavy atom. The molecule has 190 valence electrons. The van der Waals surface area contributed by atoms with Crippen molar-refractivity contribution in [1.29, 1.82) is 0 Å². The summed E-state index contributed by atoms with van der Waals surface area (Å²) in [5.74, 6) is -0.810. The molecule has 0 fully saturated rings. The first kappa shape index (κ1) is 25.0. The fraction of sp³-hybridized carbons (Fsp3) is 0.0370. The number of aromatic nitrogens is 2. The fourth-order valence-corrected chi connectivity index (χ4v) is 3.99. The number of rotatable bonds is 5. The lowest BCUT2D eigenvalue weighted by molar-refractivity contribution is -0.137. The van der Waals surface area contributed by atoms with Gasteiger partial charge >= 0.3 is 12.1 Å². The van der Waals surface area contributed by atoms with Crippen molar-refractivity contribution in [2.75, 3.05) is 0 Å². The molecule has 3 aromatic carbocycles. The molecule has 0 aliphatic rings. The van der Waals surface area contributed by atoms with Gasteiger partial charge in [-0.1, -0.05) is 35.9 Å². The Kier molecular flexibility index (Phi) is 6.33. The van der Waals surface area contributed by atoms with Gasteiger partial charge in [0.25, 0.3) is 5.56 Å². The van der Waals surface area contributed by atoms with E-state index in [1.165, 1.54) is 48.7 Å². The Hall–Kier alpha value is -4.70. The van der Waals surface area contributed by atoms with E-state index in [9.17, 15) is 27.9 Å². The van der Waals surface area contributed by atoms with Crippen molar-refractivity contribution in [3.8, 4) is 22.7 Å². The summed E-state index contributed by atoms with van der Waals surface area (Å²) >= 11 is 6.21. The number of nitrogens with zero attached hydrogens (tertiary/aromatic N) is 3. The summed E-state index contributed by atoms with van der Waals surface area (Å²) in [7, 11) is 0. The predicted octanol–water partition coefficient (Wildman–Crippen LogP) is 6.58. The highest BCUT2D eigenvalue weighted by Crippen LogP contribution is 2.32. The second kappa shape index (κ2) is 9.64. The first-order valence-corrected chi connectivity index (χ1v) is 11.4. The number of fused-ring (bicyclic) bond motifs is 1. The summed E-state index contributed by atoms with van der Waals surface area (Å²) in [5, 5.41) is 13.9. The number of aromatic carboxylic acids is 1. The van der Waals surface area contributed by atoms with Crippen LogP contribution in [-0.4, -0.2) is 27.0 Å². The van der Waals surface area contributed by atoms with Crippen LogP contribution in [0.5, 0.6) is 0 Å². The maximum absolute atomic E-state index is 13.4. The third kappa shape index (κ3) is 4.81. The molecule has 2 heterocycles. The van der Waals surface area contributed by atoms with Crippen molar-refractivity contribution < 1.29 is 27.5 Å². The van der Waals surface area contributed by atoms with Crippen molar-refractivity contribution in [1.82, 2.24) is 9.66 Å². The minimum atomic E-state index is -4.59. The quantitative estimate of drug-likeness (QED) is 0.255. The molecule has 2 aromatic heterocycles. The third-order valence-corrected chi connectivity index (χ3v) is 5.94. The van der Waals surface area contributed by atoms with Gasteiger partial charge in [-0.05, 0) is 54.6 Å². The standard InChI is InChI=1S/C27H15ClF3N3O4/c28-21-10-8-16(26(36)37)13-20(21)23-11-9-18(38-23)14-32-34-24(15-4-3-5-17(12-15)27(29,30)31)33-22-7-2-1-6-19(22)25(34)35/h1-14H,(H,36,37). The largest absolute Gasteiger partial charge is 0.478 e. The smallest absolute Gasteiger partial charge is 0.416 e. The van der Waals surface area contributed by atoms with E-state index in [4.69, 9.17) is 16.0 Å². The first-order valence-electron chi connectivity index (χ1n) is 11.0. The molecule has 0 bridgehead atoms. The molecule has 0 saturated carbocycles. The second-order valence-corrected chi connectivity index (χ2v) is 8.50. The van der Waals surface area contributed by atoms with Gasteiger partial charge in [0.2, 0.25) is 0 Å². The summed E-state index contributed by atoms with van der Waals surface area (Å²) in [4.78, 5) is 29.0. The van der Waals surface area contributed by atoms with Crippen LogP contribution < -0.4 is 5.56 Å². The van der Waals surface area contributed by atoms with Crippen molar-refractivity contribution in [3.05, 3.63) is 111 Å². The summed E-state index contributed by atoms with van der Waals surface area (Å²) in [6.07, 6.45) is -3.39. The summed E-state index contributed by atoms with van der Waals surface area (Å²) in [6, 6.07) is 18.1. The fourth-order valence-electron chi connectivity index (χ4n) is 3.78. The van der Waals surface area contributed by atoms with Crippen LogP contribution in [0.25, 0.3) is 33.6 Å². The molecule has 0 aliphatic carbocycles. The van der Waals surface area contributed by atoms with E-state index in [-0.39, 0.29) is 38.9 Å². The Labute approximate surface area is 217 Å². The number of alkyl halides is 3. The number of carboxylic acids is 1. The molecule has 11 heteroatoms. The van der Waals surface area contributed by atoms with Crippen molar-refractivity contribution >= 4 is 34.7 Å². The van der Waals surface area contributed by atoms with E-state index >= 15 is 0 Å². The second-order valence-electron chi connectivity index (χ2n) is 8.09. The number of hydrogen-bond acceptors (Lipinski definition) is 5. The van der Waals surface area contributed by atoms with Gasteiger partial charge in [0.15, 0.2) is 5.82 Å². The summed E-state index contributed by atoms with van der Waals surface area (Å²) in [5.41, 5.74) is -0.815. The Morgan fingerprint density at radius 2 is 1.82 bits per heavy atom. The van der Waals surface area contributed by atoms with Gasteiger partial charge in [-0.25, -0.2) is 9.78 Å². The van der Waals surface area contributed by atoms with E-state index in [1.54, 1.807) is 24.3 Å². The Morgan fingerprint density at radius 1 is 1.03 bits per heavy atom. The lowest BCUT2D eigenvalue weighted by Gasteiger charge is -2.11. The highest BCUT2D eigenvalue weighted by Gasteiger charge is 2.31. The molecular weight excluding hydrogens is 523 g/mol. The lowest BCUT2D eigenvalue weighted by atomic mass is 10.1. The van der Waals surface area contributed by atoms with Gasteiger partial charge in [-0.3, -0.25) is 4.79 Å². The van der Waals surface area contributed by atoms with E-state index in [0.717, 1.165) is 16.8 Å². The highest BCUT2D eigenvalue weighted by atomic mass is 35.5. The van der Waals surface area contributed by atoms with E-state index in [2.05, 4.69) is 10.1 Å². The average Bonchev–Trinajstić information content (AvgIpc) is 3.36. The van der Waals surface area contributed by atoms with E-state index in [1.807, 2.05) is 0 Å². The molecule has 0 aliphatic heterocycles. The maximum atomic E-state index is 13.4. The molecule has 7 nitrogen and oxygen atoms in total. The van der Waals surface area contributed by atoms with Gasteiger partial charge < -0.3 is 9.52 Å². The van der Waals surface area contributed by atoms with Crippen molar-refractivity contribution in [2.24, 2.45) is 5.10 Å². The number of para-hydroxylation sites is 1. The highest BCUT2D eigenvalue weighted by molar-refractivity contribution is 6.33. The maximum Gasteiger partial charge on any atom is 0.416 e. The molecule has 0 radical (unpaired) electrons. The molecule has 5 rings (SSSR count). The number of carbonyl (C=O) groups is 1. The SMILES string of the molecule is O=C(O)c1ccc(Cl)c(-c2ccc(C=Nn3c(-c4cccc(C(F)(F)F)c4)nc4ccccc4c3=O)o2)c1. The number of hydrogen-bond donors (Lipinski definition) is 1. The molecule has 5 aromatic rings. The first-order chi connectivity index (χ1) is 18.1. The third-order valence-electron chi connectivity index (χ3n) is 5.61. The average molecular weight is 538 g/mol. The summed E-state index contributed by atoms with van der Waals surface area (Å²) in [6.45, 7) is 0.